The minimum Gasteiger partial charge on any atom is -0.507 e. The van der Waals surface area contributed by atoms with Crippen molar-refractivity contribution in [1.82, 2.24) is 5.43 Å². The Balaban J connectivity index is 2.24. The fourth-order valence-corrected chi connectivity index (χ4v) is 3.37. The molecule has 1 amide bonds. The van der Waals surface area contributed by atoms with E-state index in [2.05, 4.69) is 52.1 Å². The number of phenolic OH excluding ortho intramolecular Hbond substituents is 1. The maximum Gasteiger partial charge on any atom is 0.245 e. The Morgan fingerprint density at radius 1 is 1.15 bits per heavy atom. The van der Waals surface area contributed by atoms with Crippen molar-refractivity contribution in [1.29, 1.82) is 0 Å². The summed E-state index contributed by atoms with van der Waals surface area (Å²) in [6.07, 6.45) is 1.96. The van der Waals surface area contributed by atoms with Crippen molar-refractivity contribution < 1.29 is 9.90 Å². The van der Waals surface area contributed by atoms with Gasteiger partial charge in [-0.2, -0.15) is 5.10 Å². The molecule has 0 aliphatic rings. The standard InChI is InChI=1S/C21H28N2O2S/c1-20(2,3)16-10-14(11-17(19(16)25)21(4,5)6)13-22-23-18(24)12-15-8-7-9-26-15/h7-11,13,25H,12H2,1-6H3,(H,23,24). The topological polar surface area (TPSA) is 61.7 Å². The number of hydrazone groups is 1. The minimum absolute atomic E-state index is 0.144. The molecule has 0 spiro atoms. The predicted molar refractivity (Wildman–Crippen MR) is 109 cm³/mol. The Labute approximate surface area is 160 Å². The fraction of sp³-hybridized carbons (Fsp3) is 0.429. The molecule has 1 aromatic carbocycles. The molecule has 2 rings (SSSR count). The van der Waals surface area contributed by atoms with Crippen molar-refractivity contribution in [2.45, 2.75) is 58.8 Å². The molecule has 0 aliphatic heterocycles. The SMILES string of the molecule is CC(C)(C)c1cc(C=NNC(=O)Cc2cccs2)cc(C(C)(C)C)c1O. The lowest BCUT2D eigenvalue weighted by Crippen LogP contribution is -2.20. The summed E-state index contributed by atoms with van der Waals surface area (Å²) in [7, 11) is 0. The molecule has 0 atom stereocenters. The summed E-state index contributed by atoms with van der Waals surface area (Å²) in [6.45, 7) is 12.4. The van der Waals surface area contributed by atoms with Crippen molar-refractivity contribution in [3.63, 3.8) is 0 Å². The zero-order valence-corrected chi connectivity index (χ0v) is 17.2. The van der Waals surface area contributed by atoms with Crippen LogP contribution < -0.4 is 5.43 Å². The van der Waals surface area contributed by atoms with Gasteiger partial charge in [-0.3, -0.25) is 4.79 Å². The van der Waals surface area contributed by atoms with Crippen molar-refractivity contribution in [2.24, 2.45) is 5.10 Å². The monoisotopic (exact) mass is 372 g/mol. The quantitative estimate of drug-likeness (QED) is 0.601. The van der Waals surface area contributed by atoms with E-state index in [-0.39, 0.29) is 16.7 Å². The van der Waals surface area contributed by atoms with Gasteiger partial charge < -0.3 is 5.11 Å². The van der Waals surface area contributed by atoms with Gasteiger partial charge in [0, 0.05) is 16.0 Å². The third-order valence-electron chi connectivity index (χ3n) is 4.07. The summed E-state index contributed by atoms with van der Waals surface area (Å²) in [4.78, 5) is 13.0. The summed E-state index contributed by atoms with van der Waals surface area (Å²) in [5.74, 6) is 0.193. The van der Waals surface area contributed by atoms with Gasteiger partial charge in [0.25, 0.3) is 0 Å². The lowest BCUT2D eigenvalue weighted by atomic mass is 9.78. The molecular formula is C21H28N2O2S. The number of nitrogens with zero attached hydrogens (tertiary/aromatic N) is 1. The van der Waals surface area contributed by atoms with Gasteiger partial charge in [-0.25, -0.2) is 5.43 Å². The molecule has 26 heavy (non-hydrogen) atoms. The lowest BCUT2D eigenvalue weighted by Gasteiger charge is -2.27. The van der Waals surface area contributed by atoms with Gasteiger partial charge in [-0.1, -0.05) is 47.6 Å². The Hall–Kier alpha value is -2.14. The average molecular weight is 373 g/mol. The maximum atomic E-state index is 11.9. The van der Waals surface area contributed by atoms with Gasteiger partial charge >= 0.3 is 0 Å². The number of carbonyl (C=O) groups excluding carboxylic acids is 1. The number of nitrogens with one attached hydrogen (secondary N) is 1. The molecule has 2 aromatic rings. The van der Waals surface area contributed by atoms with Crippen LogP contribution in [0.15, 0.2) is 34.7 Å². The first-order valence-corrected chi connectivity index (χ1v) is 9.58. The molecule has 0 aliphatic carbocycles. The fourth-order valence-electron chi connectivity index (χ4n) is 2.66. The highest BCUT2D eigenvalue weighted by Crippen LogP contribution is 2.39. The number of benzene rings is 1. The molecule has 1 aromatic heterocycles. The van der Waals surface area contributed by atoms with Crippen LogP contribution in [0.5, 0.6) is 5.75 Å². The van der Waals surface area contributed by atoms with E-state index in [1.54, 1.807) is 17.6 Å². The Kier molecular flexibility index (Phi) is 5.91. The zero-order valence-electron chi connectivity index (χ0n) is 16.4. The summed E-state index contributed by atoms with van der Waals surface area (Å²) in [6, 6.07) is 7.72. The van der Waals surface area contributed by atoms with Gasteiger partial charge in [0.2, 0.25) is 5.91 Å². The van der Waals surface area contributed by atoms with Crippen LogP contribution in [0.4, 0.5) is 0 Å². The molecule has 2 N–H and O–H groups in total. The molecule has 0 fully saturated rings. The highest BCUT2D eigenvalue weighted by molar-refractivity contribution is 7.10. The summed E-state index contributed by atoms with van der Waals surface area (Å²) < 4.78 is 0. The molecule has 0 radical (unpaired) electrons. The highest BCUT2D eigenvalue weighted by Gasteiger charge is 2.26. The van der Waals surface area contributed by atoms with Crippen LogP contribution in [-0.4, -0.2) is 17.2 Å². The summed E-state index contributed by atoms with van der Waals surface area (Å²) in [5.41, 5.74) is 4.78. The van der Waals surface area contributed by atoms with Crippen LogP contribution >= 0.6 is 11.3 Å². The molecule has 0 saturated heterocycles. The van der Waals surface area contributed by atoms with Gasteiger partial charge in [0.05, 0.1) is 12.6 Å². The van der Waals surface area contributed by atoms with E-state index in [0.717, 1.165) is 21.6 Å². The first-order chi connectivity index (χ1) is 12.0. The zero-order chi connectivity index (χ0) is 19.5. The third-order valence-corrected chi connectivity index (χ3v) is 4.94. The summed E-state index contributed by atoms with van der Waals surface area (Å²) >= 11 is 1.55. The number of rotatable bonds is 4. The van der Waals surface area contributed by atoms with Crippen molar-refractivity contribution in [3.8, 4) is 5.75 Å². The smallest absolute Gasteiger partial charge is 0.245 e. The van der Waals surface area contributed by atoms with Gasteiger partial charge in [-0.15, -0.1) is 11.3 Å². The first-order valence-electron chi connectivity index (χ1n) is 8.71. The molecule has 0 saturated carbocycles. The number of phenols is 1. The van der Waals surface area contributed by atoms with Crippen LogP contribution in [-0.2, 0) is 22.0 Å². The van der Waals surface area contributed by atoms with E-state index < -0.39 is 0 Å². The van der Waals surface area contributed by atoms with Crippen LogP contribution in [0.2, 0.25) is 0 Å². The Morgan fingerprint density at radius 3 is 2.19 bits per heavy atom. The van der Waals surface area contributed by atoms with Crippen molar-refractivity contribution >= 4 is 23.5 Å². The molecule has 0 bridgehead atoms. The molecule has 5 heteroatoms. The minimum atomic E-state index is -0.198. The Bertz CT molecular complexity index is 759. The molecule has 0 unspecified atom stereocenters. The van der Waals surface area contributed by atoms with E-state index in [9.17, 15) is 9.90 Å². The van der Waals surface area contributed by atoms with Crippen LogP contribution in [0.1, 0.15) is 63.1 Å². The number of carbonyl (C=O) groups is 1. The van der Waals surface area contributed by atoms with E-state index in [1.807, 2.05) is 29.6 Å². The first kappa shape index (κ1) is 20.2. The Morgan fingerprint density at radius 2 is 1.73 bits per heavy atom. The molecule has 4 nitrogen and oxygen atoms in total. The summed E-state index contributed by atoms with van der Waals surface area (Å²) in [5, 5.41) is 16.8. The van der Waals surface area contributed by atoms with Crippen LogP contribution in [0, 0.1) is 0 Å². The van der Waals surface area contributed by atoms with E-state index in [0.29, 0.717) is 12.2 Å². The average Bonchev–Trinajstić information content (AvgIpc) is 2.99. The van der Waals surface area contributed by atoms with Crippen molar-refractivity contribution in [3.05, 3.63) is 51.2 Å². The van der Waals surface area contributed by atoms with E-state index in [1.165, 1.54) is 0 Å². The van der Waals surface area contributed by atoms with Gasteiger partial charge in [0.15, 0.2) is 0 Å². The second-order valence-electron chi connectivity index (χ2n) is 8.51. The molecule has 1 heterocycles. The van der Waals surface area contributed by atoms with Crippen LogP contribution in [0.3, 0.4) is 0 Å². The second kappa shape index (κ2) is 7.62. The normalized spacial score (nSPS) is 12.5. The number of hydrogen-bond acceptors (Lipinski definition) is 4. The molecule has 140 valence electrons. The third kappa shape index (κ3) is 5.18. The number of amides is 1. The number of aromatic hydroxyl groups is 1. The van der Waals surface area contributed by atoms with Gasteiger partial charge in [-0.05, 0) is 40.0 Å². The maximum absolute atomic E-state index is 11.9. The highest BCUT2D eigenvalue weighted by atomic mass is 32.1. The largest absolute Gasteiger partial charge is 0.507 e. The molecular weight excluding hydrogens is 344 g/mol. The number of thiophene rings is 1. The second-order valence-corrected chi connectivity index (χ2v) is 9.55. The number of hydrogen-bond donors (Lipinski definition) is 2. The lowest BCUT2D eigenvalue weighted by molar-refractivity contribution is -0.120. The van der Waals surface area contributed by atoms with E-state index >= 15 is 0 Å². The predicted octanol–water partition coefficient (Wildman–Crippen LogP) is 4.74. The van der Waals surface area contributed by atoms with Crippen LogP contribution in [0.25, 0.3) is 0 Å². The van der Waals surface area contributed by atoms with Gasteiger partial charge in [0.1, 0.15) is 5.75 Å². The van der Waals surface area contributed by atoms with E-state index in [4.69, 9.17) is 0 Å². The van der Waals surface area contributed by atoms with Crippen molar-refractivity contribution in [2.75, 3.05) is 0 Å².